The van der Waals surface area contributed by atoms with E-state index in [2.05, 4.69) is 16.0 Å². The van der Waals surface area contributed by atoms with Crippen molar-refractivity contribution in [2.24, 2.45) is 5.92 Å². The summed E-state index contributed by atoms with van der Waals surface area (Å²) >= 11 is 0. The number of hydrogen-bond donors (Lipinski definition) is 3. The van der Waals surface area contributed by atoms with Crippen LogP contribution in [0.2, 0.25) is 0 Å². The van der Waals surface area contributed by atoms with Gasteiger partial charge in [0.1, 0.15) is 5.82 Å². The van der Waals surface area contributed by atoms with Crippen LogP contribution in [0.4, 0.5) is 10.1 Å². The van der Waals surface area contributed by atoms with Gasteiger partial charge in [-0.05, 0) is 62.5 Å². The molecular formula is C16H22FN3O2. The zero-order valence-corrected chi connectivity index (χ0v) is 12.5. The van der Waals surface area contributed by atoms with E-state index in [1.807, 2.05) is 0 Å². The first-order valence-electron chi connectivity index (χ1n) is 7.66. The van der Waals surface area contributed by atoms with Crippen molar-refractivity contribution in [3.63, 3.8) is 0 Å². The first-order chi connectivity index (χ1) is 10.6. The first kappa shape index (κ1) is 16.4. The fraction of sp³-hybridized carbons (Fsp3) is 0.500. The lowest BCUT2D eigenvalue weighted by molar-refractivity contribution is -0.124. The molecule has 1 saturated heterocycles. The van der Waals surface area contributed by atoms with Gasteiger partial charge >= 0.3 is 0 Å². The molecule has 0 saturated carbocycles. The Balaban J connectivity index is 1.62. The summed E-state index contributed by atoms with van der Waals surface area (Å²) in [5.41, 5.74) is 0.510. The number of halogens is 1. The second kappa shape index (κ2) is 8.48. The Kier molecular flexibility index (Phi) is 6.33. The van der Waals surface area contributed by atoms with Crippen LogP contribution in [0.1, 0.15) is 25.7 Å². The van der Waals surface area contributed by atoms with Gasteiger partial charge in [0, 0.05) is 12.1 Å². The van der Waals surface area contributed by atoms with Gasteiger partial charge in [-0.15, -0.1) is 0 Å². The third-order valence-corrected chi connectivity index (χ3v) is 3.81. The van der Waals surface area contributed by atoms with Crippen molar-refractivity contribution in [1.29, 1.82) is 0 Å². The van der Waals surface area contributed by atoms with Crippen LogP contribution in [0.5, 0.6) is 0 Å². The number of carbonyl (C=O) groups is 2. The molecule has 1 fully saturated rings. The highest BCUT2D eigenvalue weighted by Gasteiger charge is 2.14. The molecule has 120 valence electrons. The molecule has 2 amide bonds. The van der Waals surface area contributed by atoms with E-state index in [1.54, 1.807) is 0 Å². The van der Waals surface area contributed by atoms with Crippen LogP contribution >= 0.6 is 0 Å². The number of hydrogen-bond acceptors (Lipinski definition) is 3. The number of piperidine rings is 1. The van der Waals surface area contributed by atoms with Crippen LogP contribution in [0.25, 0.3) is 0 Å². The summed E-state index contributed by atoms with van der Waals surface area (Å²) in [6.07, 6.45) is 3.54. The maximum atomic E-state index is 12.7. The molecule has 1 aliphatic heterocycles. The van der Waals surface area contributed by atoms with Gasteiger partial charge in [-0.3, -0.25) is 9.59 Å². The highest BCUT2D eigenvalue weighted by Crippen LogP contribution is 2.17. The van der Waals surface area contributed by atoms with Crippen LogP contribution in [0.15, 0.2) is 24.3 Å². The standard InChI is InChI=1S/C16H22FN3O2/c17-13-2-4-14(5-3-13)20-16(22)11-19-15(21)6-1-12-7-9-18-10-8-12/h2-5,12,18H,1,6-11H2,(H,19,21)(H,20,22). The maximum Gasteiger partial charge on any atom is 0.243 e. The Morgan fingerprint density at radius 2 is 1.82 bits per heavy atom. The third kappa shape index (κ3) is 5.81. The van der Waals surface area contributed by atoms with Gasteiger partial charge in [-0.2, -0.15) is 0 Å². The second-order valence-electron chi connectivity index (χ2n) is 5.56. The molecule has 0 atom stereocenters. The molecule has 0 unspecified atom stereocenters. The molecule has 1 aliphatic rings. The monoisotopic (exact) mass is 307 g/mol. The van der Waals surface area contributed by atoms with Crippen molar-refractivity contribution in [3.8, 4) is 0 Å². The molecule has 0 spiro atoms. The lowest BCUT2D eigenvalue weighted by Gasteiger charge is -2.22. The molecule has 6 heteroatoms. The molecule has 1 aromatic carbocycles. The fourth-order valence-corrected chi connectivity index (χ4v) is 2.51. The summed E-state index contributed by atoms with van der Waals surface area (Å²) in [6, 6.07) is 5.50. The summed E-state index contributed by atoms with van der Waals surface area (Å²) in [4.78, 5) is 23.4. The maximum absolute atomic E-state index is 12.7. The van der Waals surface area contributed by atoms with E-state index in [0.29, 0.717) is 18.0 Å². The van der Waals surface area contributed by atoms with E-state index < -0.39 is 0 Å². The van der Waals surface area contributed by atoms with Crippen molar-refractivity contribution in [2.75, 3.05) is 25.0 Å². The lowest BCUT2D eigenvalue weighted by Crippen LogP contribution is -2.33. The van der Waals surface area contributed by atoms with Gasteiger partial charge < -0.3 is 16.0 Å². The average molecular weight is 307 g/mol. The number of benzene rings is 1. The highest BCUT2D eigenvalue weighted by molar-refractivity contribution is 5.94. The minimum atomic E-state index is -0.357. The summed E-state index contributed by atoms with van der Waals surface area (Å²) in [6.45, 7) is 1.97. The highest BCUT2D eigenvalue weighted by atomic mass is 19.1. The van der Waals surface area contributed by atoms with Crippen molar-refractivity contribution in [2.45, 2.75) is 25.7 Å². The van der Waals surface area contributed by atoms with Gasteiger partial charge in [-0.25, -0.2) is 4.39 Å². The molecule has 22 heavy (non-hydrogen) atoms. The zero-order chi connectivity index (χ0) is 15.8. The van der Waals surface area contributed by atoms with Crippen molar-refractivity contribution < 1.29 is 14.0 Å². The number of rotatable bonds is 6. The molecule has 0 aliphatic carbocycles. The van der Waals surface area contributed by atoms with Crippen molar-refractivity contribution in [3.05, 3.63) is 30.1 Å². The molecule has 0 radical (unpaired) electrons. The Morgan fingerprint density at radius 1 is 1.14 bits per heavy atom. The molecule has 1 heterocycles. The summed E-state index contributed by atoms with van der Waals surface area (Å²) < 4.78 is 12.7. The number of carbonyl (C=O) groups excluding carboxylic acids is 2. The predicted octanol–water partition coefficient (Wildman–Crippen LogP) is 1.66. The first-order valence-corrected chi connectivity index (χ1v) is 7.66. The quantitative estimate of drug-likeness (QED) is 0.748. The van der Waals surface area contributed by atoms with Gasteiger partial charge in [0.05, 0.1) is 6.54 Å². The SMILES string of the molecule is O=C(CCC1CCNCC1)NCC(=O)Nc1ccc(F)cc1. The van der Waals surface area contributed by atoms with Crippen LogP contribution in [-0.2, 0) is 9.59 Å². The normalized spacial score (nSPS) is 15.3. The van der Waals surface area contributed by atoms with E-state index >= 15 is 0 Å². The molecule has 0 aromatic heterocycles. The fourth-order valence-electron chi connectivity index (χ4n) is 2.51. The average Bonchev–Trinajstić information content (AvgIpc) is 2.54. The Bertz CT molecular complexity index is 499. The van der Waals surface area contributed by atoms with Gasteiger partial charge in [0.2, 0.25) is 11.8 Å². The minimum absolute atomic E-state index is 0.0670. The summed E-state index contributed by atoms with van der Waals surface area (Å²) in [5.74, 6) is -0.182. The van der Waals surface area contributed by atoms with Crippen LogP contribution in [-0.4, -0.2) is 31.4 Å². The number of amides is 2. The Hall–Kier alpha value is -1.95. The van der Waals surface area contributed by atoms with Gasteiger partial charge in [0.15, 0.2) is 0 Å². The predicted molar refractivity (Wildman–Crippen MR) is 82.9 cm³/mol. The van der Waals surface area contributed by atoms with E-state index in [0.717, 1.165) is 32.4 Å². The third-order valence-electron chi connectivity index (χ3n) is 3.81. The lowest BCUT2D eigenvalue weighted by atomic mass is 9.93. The van der Waals surface area contributed by atoms with E-state index in [-0.39, 0.29) is 24.2 Å². The van der Waals surface area contributed by atoms with Gasteiger partial charge in [0.25, 0.3) is 0 Å². The zero-order valence-electron chi connectivity index (χ0n) is 12.5. The molecule has 3 N–H and O–H groups in total. The van der Waals surface area contributed by atoms with E-state index in [9.17, 15) is 14.0 Å². The number of anilines is 1. The summed E-state index contributed by atoms with van der Waals surface area (Å²) in [5, 5.41) is 8.51. The molecule has 2 rings (SSSR count). The van der Waals surface area contributed by atoms with Gasteiger partial charge in [-0.1, -0.05) is 0 Å². The Labute approximate surface area is 129 Å². The van der Waals surface area contributed by atoms with Crippen LogP contribution < -0.4 is 16.0 Å². The van der Waals surface area contributed by atoms with E-state index in [4.69, 9.17) is 0 Å². The summed E-state index contributed by atoms with van der Waals surface area (Å²) in [7, 11) is 0. The number of nitrogens with one attached hydrogen (secondary N) is 3. The topological polar surface area (TPSA) is 70.2 Å². The molecule has 5 nitrogen and oxygen atoms in total. The molecule has 0 bridgehead atoms. The smallest absolute Gasteiger partial charge is 0.243 e. The van der Waals surface area contributed by atoms with Crippen molar-refractivity contribution >= 4 is 17.5 Å². The van der Waals surface area contributed by atoms with Crippen LogP contribution in [0.3, 0.4) is 0 Å². The second-order valence-corrected chi connectivity index (χ2v) is 5.56. The Morgan fingerprint density at radius 3 is 2.50 bits per heavy atom. The molecule has 1 aromatic rings. The van der Waals surface area contributed by atoms with Crippen molar-refractivity contribution in [1.82, 2.24) is 10.6 Å². The minimum Gasteiger partial charge on any atom is -0.347 e. The molecular weight excluding hydrogens is 285 g/mol. The van der Waals surface area contributed by atoms with E-state index in [1.165, 1.54) is 24.3 Å². The van der Waals surface area contributed by atoms with Crippen LogP contribution in [0, 0.1) is 11.7 Å². The largest absolute Gasteiger partial charge is 0.347 e.